The van der Waals surface area contributed by atoms with Crippen LogP contribution in [0.4, 0.5) is 8.78 Å². The van der Waals surface area contributed by atoms with Crippen molar-refractivity contribution in [2.45, 2.75) is 39.6 Å². The molecule has 1 aliphatic rings. The summed E-state index contributed by atoms with van der Waals surface area (Å²) in [5, 5.41) is 15.3. The number of aromatic nitrogens is 5. The average Bonchev–Trinajstić information content (AvgIpc) is 3.54. The first-order valence-electron chi connectivity index (χ1n) is 12.8. The second-order valence-corrected chi connectivity index (χ2v) is 9.89. The summed E-state index contributed by atoms with van der Waals surface area (Å²) in [6, 6.07) is 6.61. The number of carbonyl (C=O) groups is 1. The molecule has 5 rings (SSSR count). The molecule has 0 aliphatic carbocycles. The number of hydrogen-bond donors (Lipinski definition) is 1. The van der Waals surface area contributed by atoms with E-state index in [2.05, 4.69) is 25.6 Å². The van der Waals surface area contributed by atoms with Crippen molar-refractivity contribution in [1.29, 1.82) is 0 Å². The van der Waals surface area contributed by atoms with E-state index in [0.29, 0.717) is 22.6 Å². The highest BCUT2D eigenvalue weighted by molar-refractivity contribution is 5.95. The minimum atomic E-state index is -0.616. The van der Waals surface area contributed by atoms with Gasteiger partial charge in [-0.25, -0.2) is 13.5 Å². The molecule has 0 saturated carbocycles. The zero-order chi connectivity index (χ0) is 28.4. The molecule has 1 aliphatic heterocycles. The molecular formula is C28H31F2N7O3. The second-order valence-electron chi connectivity index (χ2n) is 9.89. The van der Waals surface area contributed by atoms with Gasteiger partial charge in [0.1, 0.15) is 11.5 Å². The van der Waals surface area contributed by atoms with Crippen LogP contribution in [0, 0.1) is 18.6 Å². The first-order chi connectivity index (χ1) is 19.3. The van der Waals surface area contributed by atoms with Crippen molar-refractivity contribution in [1.82, 2.24) is 35.0 Å². The van der Waals surface area contributed by atoms with Crippen molar-refractivity contribution in [3.05, 3.63) is 87.5 Å². The summed E-state index contributed by atoms with van der Waals surface area (Å²) >= 11 is 0. The highest BCUT2D eigenvalue weighted by Crippen LogP contribution is 2.27. The second kappa shape index (κ2) is 11.5. The van der Waals surface area contributed by atoms with Crippen LogP contribution in [0.2, 0.25) is 0 Å². The van der Waals surface area contributed by atoms with Gasteiger partial charge in [0.2, 0.25) is 0 Å². The highest BCUT2D eigenvalue weighted by Gasteiger charge is 2.22. The summed E-state index contributed by atoms with van der Waals surface area (Å²) in [6.45, 7) is 3.48. The first-order valence-corrected chi connectivity index (χ1v) is 12.8. The molecule has 12 heteroatoms. The van der Waals surface area contributed by atoms with E-state index in [0.717, 1.165) is 30.6 Å². The number of ether oxygens (including phenoxy) is 2. The largest absolute Gasteiger partial charge is 0.494 e. The van der Waals surface area contributed by atoms with Crippen LogP contribution in [-0.4, -0.2) is 63.4 Å². The normalized spacial score (nSPS) is 13.3. The molecular weight excluding hydrogens is 520 g/mol. The molecule has 0 bridgehead atoms. The number of rotatable bonds is 9. The Morgan fingerprint density at radius 2 is 1.98 bits per heavy atom. The Morgan fingerprint density at radius 1 is 1.15 bits per heavy atom. The number of nitrogens with zero attached hydrogens (tertiary/aromatic N) is 6. The molecule has 0 radical (unpaired) electrons. The molecule has 1 amide bonds. The lowest BCUT2D eigenvalue weighted by Gasteiger charge is -2.25. The molecule has 0 atom stereocenters. The van der Waals surface area contributed by atoms with E-state index >= 15 is 4.39 Å². The molecule has 0 unspecified atom stereocenters. The summed E-state index contributed by atoms with van der Waals surface area (Å²) in [5.41, 5.74) is 4.48. The lowest BCUT2D eigenvalue weighted by Crippen LogP contribution is -2.27. The fourth-order valence-electron chi connectivity index (χ4n) is 4.90. The van der Waals surface area contributed by atoms with Crippen LogP contribution < -0.4 is 10.1 Å². The van der Waals surface area contributed by atoms with Crippen LogP contribution in [0.3, 0.4) is 0 Å². The molecule has 40 heavy (non-hydrogen) atoms. The van der Waals surface area contributed by atoms with Crippen molar-refractivity contribution in [2.24, 2.45) is 0 Å². The van der Waals surface area contributed by atoms with E-state index in [4.69, 9.17) is 9.47 Å². The number of aryl methyl sites for hydroxylation is 1. The predicted octanol–water partition coefficient (Wildman–Crippen LogP) is 3.17. The third-order valence-electron chi connectivity index (χ3n) is 6.95. The Bertz CT molecular complexity index is 1550. The van der Waals surface area contributed by atoms with Gasteiger partial charge in [0, 0.05) is 44.1 Å². The highest BCUT2D eigenvalue weighted by atomic mass is 19.1. The van der Waals surface area contributed by atoms with Crippen molar-refractivity contribution >= 4 is 5.91 Å². The SMILES string of the molecule is COCc1nn(Cc2cc3c(cc2F)CCN(C)C3)cc1C(=O)NCc1c(-n2cc(C)nn2)ccc(OC)c1F. The van der Waals surface area contributed by atoms with E-state index < -0.39 is 11.7 Å². The van der Waals surface area contributed by atoms with E-state index in [1.165, 1.54) is 29.6 Å². The zero-order valence-corrected chi connectivity index (χ0v) is 22.9. The van der Waals surface area contributed by atoms with Gasteiger partial charge >= 0.3 is 0 Å². The van der Waals surface area contributed by atoms with Crippen LogP contribution >= 0.6 is 0 Å². The minimum absolute atomic E-state index is 0.0380. The Morgan fingerprint density at radius 3 is 2.70 bits per heavy atom. The van der Waals surface area contributed by atoms with E-state index in [1.54, 1.807) is 31.5 Å². The standard InChI is InChI=1S/C28H31F2N7O3/c1-17-12-37(34-32-17)25-5-6-26(40-4)27(30)21(25)11-31-28(38)22-15-36(33-24(22)16-39-3)14-20-9-19-13-35(2)8-7-18(19)10-23(20)29/h5-6,9-10,12,15H,7-8,11,13-14,16H2,1-4H3,(H,31,38). The molecule has 1 N–H and O–H groups in total. The van der Waals surface area contributed by atoms with Gasteiger partial charge in [-0.2, -0.15) is 5.10 Å². The van der Waals surface area contributed by atoms with Crippen LogP contribution in [0.1, 0.15) is 44.0 Å². The van der Waals surface area contributed by atoms with E-state index in [-0.39, 0.29) is 42.4 Å². The maximum atomic E-state index is 15.3. The molecule has 2 aromatic carbocycles. The fourth-order valence-corrected chi connectivity index (χ4v) is 4.90. The van der Waals surface area contributed by atoms with Gasteiger partial charge in [-0.05, 0) is 55.8 Å². The Balaban J connectivity index is 1.39. The third-order valence-corrected chi connectivity index (χ3v) is 6.95. The Hall–Kier alpha value is -4.16. The number of benzene rings is 2. The quantitative estimate of drug-likeness (QED) is 0.341. The first kappa shape index (κ1) is 27.4. The van der Waals surface area contributed by atoms with Gasteiger partial charge in [0.25, 0.3) is 5.91 Å². The predicted molar refractivity (Wildman–Crippen MR) is 142 cm³/mol. The maximum Gasteiger partial charge on any atom is 0.255 e. The molecule has 0 saturated heterocycles. The van der Waals surface area contributed by atoms with Crippen LogP contribution in [0.5, 0.6) is 5.75 Å². The van der Waals surface area contributed by atoms with Gasteiger partial charge in [-0.3, -0.25) is 9.48 Å². The summed E-state index contributed by atoms with van der Waals surface area (Å²) in [5.74, 6) is -1.36. The van der Waals surface area contributed by atoms with Crippen LogP contribution in [0.25, 0.3) is 5.69 Å². The van der Waals surface area contributed by atoms with Crippen molar-refractivity contribution < 1.29 is 23.0 Å². The van der Waals surface area contributed by atoms with Crippen LogP contribution in [-0.2, 0) is 37.4 Å². The van der Waals surface area contributed by atoms with Crippen molar-refractivity contribution in [2.75, 3.05) is 27.8 Å². The summed E-state index contributed by atoms with van der Waals surface area (Å²) < 4.78 is 43.6. The van der Waals surface area contributed by atoms with Gasteiger partial charge in [0.05, 0.1) is 43.4 Å². The van der Waals surface area contributed by atoms with Gasteiger partial charge in [-0.1, -0.05) is 5.21 Å². The number of methoxy groups -OCH3 is 2. The molecule has 4 aromatic rings. The number of fused-ring (bicyclic) bond motifs is 1. The van der Waals surface area contributed by atoms with Gasteiger partial charge < -0.3 is 19.7 Å². The van der Waals surface area contributed by atoms with Gasteiger partial charge in [-0.15, -0.1) is 5.10 Å². The molecule has 3 heterocycles. The summed E-state index contributed by atoms with van der Waals surface area (Å²) in [7, 11) is 4.90. The number of halogens is 2. The lowest BCUT2D eigenvalue weighted by molar-refractivity contribution is 0.0945. The smallest absolute Gasteiger partial charge is 0.255 e. The number of likely N-dealkylation sites (N-methyl/N-ethyl adjacent to an activating group) is 1. The molecule has 2 aromatic heterocycles. The number of nitrogens with one attached hydrogen (secondary N) is 1. The van der Waals surface area contributed by atoms with Gasteiger partial charge in [0.15, 0.2) is 11.6 Å². The average molecular weight is 552 g/mol. The van der Waals surface area contributed by atoms with E-state index in [9.17, 15) is 9.18 Å². The van der Waals surface area contributed by atoms with E-state index in [1.807, 2.05) is 13.1 Å². The van der Waals surface area contributed by atoms with Crippen molar-refractivity contribution in [3.8, 4) is 11.4 Å². The fraction of sp³-hybridized carbons (Fsp3) is 0.357. The molecule has 0 fully saturated rings. The Labute approximate surface area is 230 Å². The topological polar surface area (TPSA) is 99.3 Å². The summed E-state index contributed by atoms with van der Waals surface area (Å²) in [4.78, 5) is 15.5. The summed E-state index contributed by atoms with van der Waals surface area (Å²) in [6.07, 6.45) is 4.02. The maximum absolute atomic E-state index is 15.3. The lowest BCUT2D eigenvalue weighted by atomic mass is 9.97. The van der Waals surface area contributed by atoms with Crippen LogP contribution in [0.15, 0.2) is 36.7 Å². The van der Waals surface area contributed by atoms with Crippen molar-refractivity contribution in [3.63, 3.8) is 0 Å². The number of amides is 1. The monoisotopic (exact) mass is 551 g/mol. The number of carbonyl (C=O) groups excluding carboxylic acids is 1. The Kier molecular flexibility index (Phi) is 7.90. The molecule has 0 spiro atoms. The molecule has 10 nitrogen and oxygen atoms in total. The zero-order valence-electron chi connectivity index (χ0n) is 22.9. The third kappa shape index (κ3) is 5.58. The molecule has 210 valence electrons. The minimum Gasteiger partial charge on any atom is -0.494 e. The number of hydrogen-bond acceptors (Lipinski definition) is 7.